The Kier molecular flexibility index (Phi) is 6.06. The smallest absolute Gasteiger partial charge is 0.233 e. The van der Waals surface area contributed by atoms with E-state index in [4.69, 9.17) is 18.0 Å². The zero-order valence-corrected chi connectivity index (χ0v) is 12.4. The lowest BCUT2D eigenvalue weighted by molar-refractivity contribution is -0.131. The number of rotatable bonds is 8. The van der Waals surface area contributed by atoms with E-state index in [0.717, 1.165) is 32.2 Å². The first kappa shape index (κ1) is 15.4. The molecule has 0 aromatic rings. The topological polar surface area (TPSA) is 55.1 Å². The van der Waals surface area contributed by atoms with Crippen molar-refractivity contribution >= 4 is 23.1 Å². The third-order valence-corrected chi connectivity index (χ3v) is 4.60. The highest BCUT2D eigenvalue weighted by molar-refractivity contribution is 7.80. The van der Waals surface area contributed by atoms with Gasteiger partial charge < -0.3 is 11.1 Å². The molecule has 1 rings (SSSR count). The van der Waals surface area contributed by atoms with Crippen LogP contribution in [-0.4, -0.2) is 17.4 Å². The summed E-state index contributed by atoms with van der Waals surface area (Å²) in [5.41, 5.74) is 5.19. The predicted octanol–water partition coefficient (Wildman–Crippen LogP) is 2.78. The molecule has 0 aromatic heterocycles. The minimum absolute atomic E-state index is 0.0520. The number of amides is 1. The number of hydrogen-bond donors (Lipinski definition) is 2. The molecule has 0 aliphatic heterocycles. The van der Waals surface area contributed by atoms with Crippen LogP contribution in [0.1, 0.15) is 58.8 Å². The highest BCUT2D eigenvalue weighted by Crippen LogP contribution is 2.41. The van der Waals surface area contributed by atoms with Crippen molar-refractivity contribution in [3.63, 3.8) is 0 Å². The Balaban J connectivity index is 2.42. The second-order valence-corrected chi connectivity index (χ2v) is 5.87. The molecule has 0 aromatic carbocycles. The average molecular weight is 270 g/mol. The van der Waals surface area contributed by atoms with E-state index in [1.165, 1.54) is 19.3 Å². The first-order valence-corrected chi connectivity index (χ1v) is 7.55. The molecule has 4 heteroatoms. The lowest BCUT2D eigenvalue weighted by Crippen LogP contribution is -2.53. The summed E-state index contributed by atoms with van der Waals surface area (Å²) in [5, 5.41) is 3.06. The van der Waals surface area contributed by atoms with E-state index in [1.807, 2.05) is 0 Å². The Bertz CT molecular complexity index is 300. The van der Waals surface area contributed by atoms with Gasteiger partial charge in [-0.15, -0.1) is 0 Å². The molecule has 1 saturated carbocycles. The van der Waals surface area contributed by atoms with Crippen molar-refractivity contribution in [2.75, 3.05) is 6.54 Å². The molecule has 0 spiro atoms. The van der Waals surface area contributed by atoms with Crippen molar-refractivity contribution in [1.29, 1.82) is 0 Å². The van der Waals surface area contributed by atoms with Gasteiger partial charge >= 0.3 is 0 Å². The van der Waals surface area contributed by atoms with E-state index < -0.39 is 5.41 Å². The number of thiocarbonyl (C=S) groups is 1. The van der Waals surface area contributed by atoms with E-state index in [1.54, 1.807) is 0 Å². The first-order chi connectivity index (χ1) is 8.56. The van der Waals surface area contributed by atoms with Crippen LogP contribution in [0.3, 0.4) is 0 Å². The van der Waals surface area contributed by atoms with Crippen molar-refractivity contribution in [2.45, 2.75) is 58.8 Å². The van der Waals surface area contributed by atoms with Gasteiger partial charge in [0.2, 0.25) is 5.91 Å². The van der Waals surface area contributed by atoms with Crippen molar-refractivity contribution in [3.05, 3.63) is 0 Å². The summed E-state index contributed by atoms with van der Waals surface area (Å²) >= 11 is 5.05. The molecule has 18 heavy (non-hydrogen) atoms. The number of nitrogens with one attached hydrogen (secondary N) is 1. The standard InChI is InChI=1S/C14H26N2OS/c1-3-5-7-11(4-2)10-16-13(17)14(12(15)18)8-6-9-14/h11H,3-10H2,1-2H3,(H2,15,18)(H,16,17). The number of unbranched alkanes of at least 4 members (excludes halogenated alkanes) is 1. The van der Waals surface area contributed by atoms with Crippen LogP contribution in [0.15, 0.2) is 0 Å². The van der Waals surface area contributed by atoms with Crippen LogP contribution in [0, 0.1) is 11.3 Å². The van der Waals surface area contributed by atoms with Gasteiger partial charge in [-0.1, -0.05) is 51.7 Å². The zero-order valence-electron chi connectivity index (χ0n) is 11.6. The van der Waals surface area contributed by atoms with Gasteiger partial charge in [-0.25, -0.2) is 0 Å². The average Bonchev–Trinajstić information content (AvgIpc) is 2.27. The number of nitrogens with two attached hydrogens (primary N) is 1. The molecular weight excluding hydrogens is 244 g/mol. The Hall–Kier alpha value is -0.640. The fourth-order valence-electron chi connectivity index (χ4n) is 2.47. The predicted molar refractivity (Wildman–Crippen MR) is 79.4 cm³/mol. The minimum atomic E-state index is -0.529. The molecule has 1 atom stereocenters. The number of carbonyl (C=O) groups excluding carboxylic acids is 1. The maximum absolute atomic E-state index is 12.2. The van der Waals surface area contributed by atoms with Gasteiger partial charge in [-0.2, -0.15) is 0 Å². The van der Waals surface area contributed by atoms with Gasteiger partial charge in [-0.3, -0.25) is 4.79 Å². The molecule has 0 saturated heterocycles. The monoisotopic (exact) mass is 270 g/mol. The lowest BCUT2D eigenvalue weighted by atomic mass is 9.68. The molecule has 0 bridgehead atoms. The highest BCUT2D eigenvalue weighted by Gasteiger charge is 2.46. The Morgan fingerprint density at radius 3 is 2.50 bits per heavy atom. The fraction of sp³-hybridized carbons (Fsp3) is 0.857. The zero-order chi connectivity index (χ0) is 13.6. The first-order valence-electron chi connectivity index (χ1n) is 7.15. The molecule has 0 heterocycles. The Morgan fingerprint density at radius 2 is 2.11 bits per heavy atom. The van der Waals surface area contributed by atoms with Crippen molar-refractivity contribution in [2.24, 2.45) is 17.1 Å². The largest absolute Gasteiger partial charge is 0.392 e. The van der Waals surface area contributed by atoms with E-state index in [9.17, 15) is 4.79 Å². The van der Waals surface area contributed by atoms with Gasteiger partial charge in [0.05, 0.1) is 10.4 Å². The van der Waals surface area contributed by atoms with Crippen LogP contribution in [0.5, 0.6) is 0 Å². The lowest BCUT2D eigenvalue weighted by Gasteiger charge is -2.39. The van der Waals surface area contributed by atoms with Crippen LogP contribution in [-0.2, 0) is 4.79 Å². The van der Waals surface area contributed by atoms with E-state index in [2.05, 4.69) is 19.2 Å². The molecule has 0 radical (unpaired) electrons. The fourth-order valence-corrected chi connectivity index (χ4v) is 2.76. The van der Waals surface area contributed by atoms with Gasteiger partial charge in [0.1, 0.15) is 0 Å². The molecule has 1 unspecified atom stereocenters. The van der Waals surface area contributed by atoms with Crippen molar-refractivity contribution in [1.82, 2.24) is 5.32 Å². The van der Waals surface area contributed by atoms with Crippen LogP contribution >= 0.6 is 12.2 Å². The Labute approximate surface area is 116 Å². The SMILES string of the molecule is CCCCC(CC)CNC(=O)C1(C(N)=S)CCC1. The summed E-state index contributed by atoms with van der Waals surface area (Å²) in [6.07, 6.45) is 7.43. The van der Waals surface area contributed by atoms with Crippen molar-refractivity contribution in [3.8, 4) is 0 Å². The van der Waals surface area contributed by atoms with Gasteiger partial charge in [-0.05, 0) is 25.2 Å². The van der Waals surface area contributed by atoms with Crippen LogP contribution in [0.4, 0.5) is 0 Å². The van der Waals surface area contributed by atoms with E-state index in [-0.39, 0.29) is 5.91 Å². The molecule has 3 nitrogen and oxygen atoms in total. The quantitative estimate of drug-likeness (QED) is 0.667. The summed E-state index contributed by atoms with van der Waals surface area (Å²) in [6.45, 7) is 5.14. The summed E-state index contributed by atoms with van der Waals surface area (Å²) in [6, 6.07) is 0. The summed E-state index contributed by atoms with van der Waals surface area (Å²) in [5.74, 6) is 0.633. The van der Waals surface area contributed by atoms with Crippen molar-refractivity contribution < 1.29 is 4.79 Å². The molecular formula is C14H26N2OS. The maximum atomic E-state index is 12.2. The summed E-state index contributed by atoms with van der Waals surface area (Å²) in [4.78, 5) is 12.6. The Morgan fingerprint density at radius 1 is 1.44 bits per heavy atom. The molecule has 104 valence electrons. The number of carbonyl (C=O) groups is 1. The van der Waals surface area contributed by atoms with Crippen LogP contribution in [0.25, 0.3) is 0 Å². The van der Waals surface area contributed by atoms with Gasteiger partial charge in [0.15, 0.2) is 0 Å². The van der Waals surface area contributed by atoms with Crippen LogP contribution in [0.2, 0.25) is 0 Å². The maximum Gasteiger partial charge on any atom is 0.233 e. The highest BCUT2D eigenvalue weighted by atomic mass is 32.1. The van der Waals surface area contributed by atoms with E-state index in [0.29, 0.717) is 10.9 Å². The molecule has 3 N–H and O–H groups in total. The van der Waals surface area contributed by atoms with Gasteiger partial charge in [0, 0.05) is 6.54 Å². The van der Waals surface area contributed by atoms with E-state index >= 15 is 0 Å². The van der Waals surface area contributed by atoms with Crippen LogP contribution < -0.4 is 11.1 Å². The third-order valence-electron chi connectivity index (χ3n) is 4.21. The second-order valence-electron chi connectivity index (χ2n) is 5.43. The molecule has 1 aliphatic carbocycles. The molecule has 1 fully saturated rings. The summed E-state index contributed by atoms with van der Waals surface area (Å²) in [7, 11) is 0. The number of hydrogen-bond acceptors (Lipinski definition) is 2. The third kappa shape index (κ3) is 3.44. The molecule has 1 aliphatic rings. The minimum Gasteiger partial charge on any atom is -0.392 e. The summed E-state index contributed by atoms with van der Waals surface area (Å²) < 4.78 is 0. The second kappa shape index (κ2) is 7.07. The molecule has 1 amide bonds. The van der Waals surface area contributed by atoms with Gasteiger partial charge in [0.25, 0.3) is 0 Å². The normalized spacial score (nSPS) is 18.8.